The number of hydrogen-bond donors (Lipinski definition) is 0. The van der Waals surface area contributed by atoms with Gasteiger partial charge in [-0.1, -0.05) is 12.1 Å². The van der Waals surface area contributed by atoms with E-state index in [1.807, 2.05) is 12.1 Å². The van der Waals surface area contributed by atoms with Gasteiger partial charge in [-0.2, -0.15) is 0 Å². The summed E-state index contributed by atoms with van der Waals surface area (Å²) >= 11 is 1.67. The maximum atomic E-state index is 5.22. The average molecular weight is 177 g/mol. The van der Waals surface area contributed by atoms with Gasteiger partial charge in [0.05, 0.1) is 11.8 Å². The molecule has 0 spiro atoms. The molecule has 0 amide bonds. The van der Waals surface area contributed by atoms with E-state index in [4.69, 9.17) is 4.74 Å². The molecule has 0 bridgehead atoms. The fourth-order valence-corrected chi connectivity index (χ4v) is 2.20. The van der Waals surface area contributed by atoms with Crippen molar-refractivity contribution in [2.45, 2.75) is 0 Å². The van der Waals surface area contributed by atoms with E-state index >= 15 is 0 Å². The van der Waals surface area contributed by atoms with Gasteiger partial charge in [-0.25, -0.2) is 0 Å². The van der Waals surface area contributed by atoms with Gasteiger partial charge < -0.3 is 4.74 Å². The molecule has 0 aliphatic rings. The Kier molecular flexibility index (Phi) is 1.77. The lowest BCUT2D eigenvalue weighted by atomic mass is 10.2. The van der Waals surface area contributed by atoms with Crippen molar-refractivity contribution in [3.05, 3.63) is 36.1 Å². The van der Waals surface area contributed by atoms with Crippen LogP contribution in [0, 0.1) is 6.92 Å². The molecule has 0 aliphatic heterocycles. The Morgan fingerprint density at radius 1 is 1.42 bits per heavy atom. The molecule has 2 aromatic rings. The zero-order chi connectivity index (χ0) is 8.55. The summed E-state index contributed by atoms with van der Waals surface area (Å²) in [6, 6.07) is 8.11. The molecule has 1 nitrogen and oxygen atoms in total. The monoisotopic (exact) mass is 177 g/mol. The number of fused-ring (bicyclic) bond motifs is 1. The van der Waals surface area contributed by atoms with Crippen LogP contribution in [0.4, 0.5) is 0 Å². The predicted octanol–water partition coefficient (Wildman–Crippen LogP) is 3.09. The minimum atomic E-state index is 0.937. The van der Waals surface area contributed by atoms with Crippen LogP contribution in [0.5, 0.6) is 5.75 Å². The van der Waals surface area contributed by atoms with Crippen molar-refractivity contribution in [2.24, 2.45) is 0 Å². The molecule has 0 atom stereocenters. The molecule has 12 heavy (non-hydrogen) atoms. The second-order valence-electron chi connectivity index (χ2n) is 2.59. The van der Waals surface area contributed by atoms with Gasteiger partial charge in [-0.15, -0.1) is 11.3 Å². The third-order valence-electron chi connectivity index (χ3n) is 1.78. The Morgan fingerprint density at radius 3 is 3.00 bits per heavy atom. The van der Waals surface area contributed by atoms with Gasteiger partial charge in [0.25, 0.3) is 0 Å². The third kappa shape index (κ3) is 1.08. The van der Waals surface area contributed by atoms with E-state index in [2.05, 4.69) is 19.1 Å². The van der Waals surface area contributed by atoms with Crippen LogP contribution >= 0.6 is 11.3 Å². The molecular formula is C10H9OS. The van der Waals surface area contributed by atoms with Crippen LogP contribution in [-0.4, -0.2) is 7.11 Å². The van der Waals surface area contributed by atoms with Crippen molar-refractivity contribution < 1.29 is 4.74 Å². The van der Waals surface area contributed by atoms with Crippen molar-refractivity contribution in [1.82, 2.24) is 0 Å². The Morgan fingerprint density at radius 2 is 2.25 bits per heavy atom. The van der Waals surface area contributed by atoms with Crippen LogP contribution in [0.15, 0.2) is 24.3 Å². The van der Waals surface area contributed by atoms with Crippen LogP contribution in [0.1, 0.15) is 4.88 Å². The SMILES string of the molecule is [CH2]c1cc2cccc(OC)c2s1. The van der Waals surface area contributed by atoms with Crippen LogP contribution in [0.2, 0.25) is 0 Å². The van der Waals surface area contributed by atoms with Crippen LogP contribution in [0.3, 0.4) is 0 Å². The molecule has 0 unspecified atom stereocenters. The van der Waals surface area contributed by atoms with E-state index in [1.165, 1.54) is 10.1 Å². The van der Waals surface area contributed by atoms with Crippen LogP contribution < -0.4 is 4.74 Å². The highest BCUT2D eigenvalue weighted by atomic mass is 32.1. The Hall–Kier alpha value is -1.02. The molecule has 0 saturated heterocycles. The normalized spacial score (nSPS) is 10.5. The minimum absolute atomic E-state index is 0.937. The molecule has 61 valence electrons. The van der Waals surface area contributed by atoms with Crippen molar-refractivity contribution in [1.29, 1.82) is 0 Å². The van der Waals surface area contributed by atoms with E-state index in [0.717, 1.165) is 10.6 Å². The predicted molar refractivity (Wildman–Crippen MR) is 52.8 cm³/mol. The van der Waals surface area contributed by atoms with Crippen molar-refractivity contribution in [3.63, 3.8) is 0 Å². The quantitative estimate of drug-likeness (QED) is 0.650. The average Bonchev–Trinajstić information content (AvgIpc) is 2.44. The van der Waals surface area contributed by atoms with Crippen LogP contribution in [-0.2, 0) is 0 Å². The van der Waals surface area contributed by atoms with Crippen molar-refractivity contribution in [2.75, 3.05) is 7.11 Å². The highest BCUT2D eigenvalue weighted by molar-refractivity contribution is 7.19. The van der Waals surface area contributed by atoms with Gasteiger partial charge in [0, 0.05) is 4.88 Å². The highest BCUT2D eigenvalue weighted by Gasteiger charge is 2.02. The molecule has 0 saturated carbocycles. The Bertz CT molecular complexity index is 403. The first-order valence-corrected chi connectivity index (χ1v) is 4.51. The number of rotatable bonds is 1. The first kappa shape index (κ1) is 7.62. The fraction of sp³-hybridized carbons (Fsp3) is 0.100. The Balaban J connectivity index is 2.78. The summed E-state index contributed by atoms with van der Waals surface area (Å²) in [7, 11) is 1.69. The Labute approximate surface area is 75.6 Å². The molecule has 2 rings (SSSR count). The maximum absolute atomic E-state index is 5.22. The molecule has 0 fully saturated rings. The maximum Gasteiger partial charge on any atom is 0.136 e. The second-order valence-corrected chi connectivity index (χ2v) is 3.73. The first-order chi connectivity index (χ1) is 5.81. The van der Waals surface area contributed by atoms with Crippen molar-refractivity contribution in [3.8, 4) is 5.75 Å². The first-order valence-electron chi connectivity index (χ1n) is 3.70. The number of hydrogen-bond acceptors (Lipinski definition) is 2. The summed E-state index contributed by atoms with van der Waals surface area (Å²) in [5.74, 6) is 0.937. The summed E-state index contributed by atoms with van der Waals surface area (Å²) in [5.41, 5.74) is 0. The van der Waals surface area contributed by atoms with Crippen molar-refractivity contribution >= 4 is 21.4 Å². The zero-order valence-electron chi connectivity index (χ0n) is 6.83. The second kappa shape index (κ2) is 2.79. The summed E-state index contributed by atoms with van der Waals surface area (Å²) in [5, 5.41) is 1.21. The van der Waals surface area contributed by atoms with E-state index in [1.54, 1.807) is 18.4 Å². The van der Waals surface area contributed by atoms with Gasteiger partial charge in [0.2, 0.25) is 0 Å². The lowest BCUT2D eigenvalue weighted by Crippen LogP contribution is -1.80. The summed E-state index contributed by atoms with van der Waals surface area (Å²) < 4.78 is 6.41. The van der Waals surface area contributed by atoms with Gasteiger partial charge >= 0.3 is 0 Å². The summed E-state index contributed by atoms with van der Waals surface area (Å²) in [6.45, 7) is 3.90. The number of thiophene rings is 1. The van der Waals surface area contributed by atoms with Gasteiger partial charge in [0.1, 0.15) is 5.75 Å². The van der Waals surface area contributed by atoms with Gasteiger partial charge in [-0.05, 0) is 24.4 Å². The largest absolute Gasteiger partial charge is 0.495 e. The topological polar surface area (TPSA) is 9.23 Å². The van der Waals surface area contributed by atoms with E-state index in [-0.39, 0.29) is 0 Å². The lowest BCUT2D eigenvalue weighted by molar-refractivity contribution is 0.420. The van der Waals surface area contributed by atoms with E-state index < -0.39 is 0 Å². The molecule has 1 radical (unpaired) electrons. The summed E-state index contributed by atoms with van der Waals surface area (Å²) in [6.07, 6.45) is 0. The van der Waals surface area contributed by atoms with Crippen LogP contribution in [0.25, 0.3) is 10.1 Å². The van der Waals surface area contributed by atoms with Gasteiger partial charge in [0.15, 0.2) is 0 Å². The molecule has 1 aromatic carbocycles. The standard InChI is InChI=1S/C10H9OS/c1-7-6-8-4-3-5-9(11-2)10(8)12-7/h3-6H,1H2,2H3. The third-order valence-corrected chi connectivity index (χ3v) is 2.80. The molecule has 1 heterocycles. The van der Waals surface area contributed by atoms with E-state index in [9.17, 15) is 0 Å². The molecule has 1 aromatic heterocycles. The van der Waals surface area contributed by atoms with Gasteiger partial charge in [-0.3, -0.25) is 0 Å². The molecular weight excluding hydrogens is 168 g/mol. The lowest BCUT2D eigenvalue weighted by Gasteiger charge is -1.98. The zero-order valence-corrected chi connectivity index (χ0v) is 7.65. The number of methoxy groups -OCH3 is 1. The molecule has 0 aliphatic carbocycles. The minimum Gasteiger partial charge on any atom is -0.495 e. The number of ether oxygens (including phenoxy) is 1. The number of benzene rings is 1. The molecule has 0 N–H and O–H groups in total. The smallest absolute Gasteiger partial charge is 0.136 e. The summed E-state index contributed by atoms with van der Waals surface area (Å²) in [4.78, 5) is 1.08. The fourth-order valence-electron chi connectivity index (χ4n) is 1.25. The highest BCUT2D eigenvalue weighted by Crippen LogP contribution is 2.32. The van der Waals surface area contributed by atoms with E-state index in [0.29, 0.717) is 0 Å². The molecule has 2 heteroatoms.